The van der Waals surface area contributed by atoms with Crippen molar-refractivity contribution in [3.8, 4) is 0 Å². The number of ether oxygens (including phenoxy) is 2. The third-order valence-electron chi connectivity index (χ3n) is 2.67. The SMILES string of the molecule is Cn1cc[n+](C)c1[B-]NN=C1C(=O)OC(C)(C)OC1=O. The molecule has 0 atom stereocenters. The smallest absolute Gasteiger partial charge is 0.369 e. The molecule has 1 saturated heterocycles. The van der Waals surface area contributed by atoms with Crippen LogP contribution in [0.1, 0.15) is 13.8 Å². The van der Waals surface area contributed by atoms with Gasteiger partial charge in [0.15, 0.2) is 0 Å². The number of nitrogens with one attached hydrogen (secondary N) is 1. The van der Waals surface area contributed by atoms with Crippen molar-refractivity contribution in [2.24, 2.45) is 19.2 Å². The minimum absolute atomic E-state index is 0.419. The third-order valence-corrected chi connectivity index (χ3v) is 2.67. The second-order valence-electron chi connectivity index (χ2n) is 4.79. The Morgan fingerprint density at radius 3 is 2.45 bits per heavy atom. The number of hydrogen-bond acceptors (Lipinski definition) is 6. The summed E-state index contributed by atoms with van der Waals surface area (Å²) in [6, 6.07) is 0. The largest absolute Gasteiger partial charge is 0.534 e. The van der Waals surface area contributed by atoms with Crippen LogP contribution < -0.4 is 15.6 Å². The zero-order valence-electron chi connectivity index (χ0n) is 11.7. The molecule has 1 fully saturated rings. The summed E-state index contributed by atoms with van der Waals surface area (Å²) in [6.07, 6.45) is 3.71. The number of cyclic esters (lactones) is 2. The van der Waals surface area contributed by atoms with Crippen LogP contribution in [0, 0.1) is 0 Å². The van der Waals surface area contributed by atoms with E-state index in [4.69, 9.17) is 9.47 Å². The minimum atomic E-state index is -1.26. The van der Waals surface area contributed by atoms with Gasteiger partial charge in [0.05, 0.1) is 14.1 Å². The Labute approximate surface area is 116 Å². The van der Waals surface area contributed by atoms with Gasteiger partial charge in [-0.2, -0.15) is 0 Å². The molecule has 0 aliphatic carbocycles. The molecule has 0 spiro atoms. The van der Waals surface area contributed by atoms with E-state index in [1.165, 1.54) is 13.8 Å². The first kappa shape index (κ1) is 14.1. The number of nitrogens with zero attached hydrogens (tertiary/aromatic N) is 3. The Kier molecular flexibility index (Phi) is 3.52. The van der Waals surface area contributed by atoms with Crippen LogP contribution in [-0.4, -0.2) is 35.4 Å². The molecule has 2 radical (unpaired) electrons. The topological polar surface area (TPSA) is 85.8 Å². The van der Waals surface area contributed by atoms with Gasteiger partial charge in [-0.25, -0.2) is 14.7 Å². The van der Waals surface area contributed by atoms with Crippen molar-refractivity contribution in [2.75, 3.05) is 0 Å². The highest BCUT2D eigenvalue weighted by atomic mass is 16.7. The fourth-order valence-corrected chi connectivity index (χ4v) is 1.70. The van der Waals surface area contributed by atoms with Crippen LogP contribution in [0.5, 0.6) is 0 Å². The van der Waals surface area contributed by atoms with E-state index in [-0.39, 0.29) is 0 Å². The molecule has 106 valence electrons. The van der Waals surface area contributed by atoms with Gasteiger partial charge in [-0.3, -0.25) is 9.13 Å². The summed E-state index contributed by atoms with van der Waals surface area (Å²) in [7, 11) is 5.26. The highest BCUT2D eigenvalue weighted by Gasteiger charge is 2.40. The summed E-state index contributed by atoms with van der Waals surface area (Å²) in [6.45, 7) is 2.95. The lowest BCUT2D eigenvalue weighted by Crippen LogP contribution is -2.53. The lowest BCUT2D eigenvalue weighted by Gasteiger charge is -2.29. The van der Waals surface area contributed by atoms with Gasteiger partial charge in [0.25, 0.3) is 5.79 Å². The Bertz CT molecular complexity index is 552. The predicted octanol–water partition coefficient (Wildman–Crippen LogP) is -2.12. The number of rotatable bonds is 3. The number of hydrazone groups is 1. The van der Waals surface area contributed by atoms with Crippen LogP contribution in [0.2, 0.25) is 0 Å². The molecule has 0 unspecified atom stereocenters. The second kappa shape index (κ2) is 4.99. The van der Waals surface area contributed by atoms with Crippen LogP contribution >= 0.6 is 0 Å². The van der Waals surface area contributed by atoms with Crippen molar-refractivity contribution >= 4 is 30.8 Å². The first-order valence-electron chi connectivity index (χ1n) is 5.94. The van der Waals surface area contributed by atoms with Crippen molar-refractivity contribution in [3.05, 3.63) is 12.4 Å². The molecule has 2 rings (SSSR count). The van der Waals surface area contributed by atoms with E-state index in [0.29, 0.717) is 0 Å². The maximum atomic E-state index is 11.6. The number of aromatic nitrogens is 2. The summed E-state index contributed by atoms with van der Waals surface area (Å²) in [4.78, 5) is 23.3. The van der Waals surface area contributed by atoms with Crippen molar-refractivity contribution in [1.29, 1.82) is 0 Å². The number of hydrogen-bond donors (Lipinski definition) is 1. The maximum Gasteiger partial charge on any atom is 0.369 e. The molecule has 0 aromatic carbocycles. The van der Waals surface area contributed by atoms with Crippen LogP contribution in [0.15, 0.2) is 17.5 Å². The van der Waals surface area contributed by atoms with Gasteiger partial charge in [0.1, 0.15) is 12.4 Å². The number of esters is 2. The first-order valence-corrected chi connectivity index (χ1v) is 5.94. The molecule has 8 nitrogen and oxygen atoms in total. The minimum Gasteiger partial charge on any atom is -0.534 e. The monoisotopic (exact) mass is 278 g/mol. The lowest BCUT2D eigenvalue weighted by atomic mass is 9.95. The number of imidazole rings is 1. The summed E-state index contributed by atoms with van der Waals surface area (Å²) in [5.41, 5.74) is 0.379. The van der Waals surface area contributed by atoms with Crippen molar-refractivity contribution in [3.63, 3.8) is 0 Å². The molecule has 9 heteroatoms. The molecular weight excluding hydrogens is 263 g/mol. The van der Waals surface area contributed by atoms with E-state index in [0.717, 1.165) is 5.72 Å². The fourth-order valence-electron chi connectivity index (χ4n) is 1.70. The zero-order valence-corrected chi connectivity index (χ0v) is 11.7. The standard InChI is InChI=1S/C11H15BN4O4/c1-11(2)19-8(17)7(9(18)20-11)13-14-12-10-15(3)5-6-16(10)4/h5-6,14H,1-4H3. The lowest BCUT2D eigenvalue weighted by molar-refractivity contribution is -0.653. The summed E-state index contributed by atoms with van der Waals surface area (Å²) >= 11 is 0. The highest BCUT2D eigenvalue weighted by Crippen LogP contribution is 2.17. The van der Waals surface area contributed by atoms with Gasteiger partial charge < -0.3 is 14.8 Å². The van der Waals surface area contributed by atoms with Crippen molar-refractivity contribution in [1.82, 2.24) is 9.90 Å². The van der Waals surface area contributed by atoms with E-state index < -0.39 is 23.4 Å². The number of carbonyl (C=O) groups excluding carboxylic acids is 2. The molecule has 1 aromatic rings. The average Bonchev–Trinajstić information content (AvgIpc) is 2.62. The van der Waals surface area contributed by atoms with E-state index in [9.17, 15) is 9.59 Å². The number of aryl methyl sites for hydroxylation is 2. The van der Waals surface area contributed by atoms with E-state index in [2.05, 4.69) is 10.4 Å². The van der Waals surface area contributed by atoms with E-state index >= 15 is 0 Å². The Morgan fingerprint density at radius 1 is 1.35 bits per heavy atom. The van der Waals surface area contributed by atoms with Crippen LogP contribution in [0.3, 0.4) is 0 Å². The molecule has 0 saturated carbocycles. The van der Waals surface area contributed by atoms with Gasteiger partial charge in [-0.15, -0.1) is 0 Å². The quantitative estimate of drug-likeness (QED) is 0.295. The molecule has 1 N–H and O–H groups in total. The van der Waals surface area contributed by atoms with Crippen LogP contribution in [0.25, 0.3) is 0 Å². The third kappa shape index (κ3) is 2.81. The van der Waals surface area contributed by atoms with Gasteiger partial charge in [0.2, 0.25) is 5.71 Å². The Morgan fingerprint density at radius 2 is 1.95 bits per heavy atom. The summed E-state index contributed by atoms with van der Waals surface area (Å²) in [5.74, 6) is -2.90. The number of carbonyl (C=O) groups is 2. The predicted molar refractivity (Wildman–Crippen MR) is 68.8 cm³/mol. The highest BCUT2D eigenvalue weighted by molar-refractivity contribution is 6.63. The van der Waals surface area contributed by atoms with Gasteiger partial charge in [-0.05, 0) is 7.41 Å². The van der Waals surface area contributed by atoms with Crippen LogP contribution in [0.4, 0.5) is 0 Å². The molecular formula is C11H15BN4O4. The molecule has 2 heterocycles. The Hall–Kier alpha value is -2.32. The van der Waals surface area contributed by atoms with Gasteiger partial charge in [-0.1, -0.05) is 0 Å². The molecule has 0 bridgehead atoms. The van der Waals surface area contributed by atoms with Gasteiger partial charge >= 0.3 is 11.9 Å². The maximum absolute atomic E-state index is 11.6. The average molecular weight is 278 g/mol. The van der Waals surface area contributed by atoms with E-state index in [1.54, 1.807) is 7.41 Å². The fraction of sp³-hybridized carbons (Fsp3) is 0.455. The molecule has 20 heavy (non-hydrogen) atoms. The Balaban J connectivity index is 2.05. The molecule has 1 aliphatic rings. The van der Waals surface area contributed by atoms with Crippen molar-refractivity contribution < 1.29 is 23.6 Å². The first-order chi connectivity index (χ1) is 9.30. The second-order valence-corrected chi connectivity index (χ2v) is 4.79. The zero-order chi connectivity index (χ0) is 14.9. The molecule has 1 aliphatic heterocycles. The van der Waals surface area contributed by atoms with Crippen LogP contribution in [-0.2, 0) is 33.2 Å². The van der Waals surface area contributed by atoms with E-state index in [1.807, 2.05) is 35.6 Å². The summed E-state index contributed by atoms with van der Waals surface area (Å²) in [5, 5.41) is 6.25. The normalized spacial score (nSPS) is 17.5. The van der Waals surface area contributed by atoms with Gasteiger partial charge in [0, 0.05) is 19.6 Å². The molecule has 0 amide bonds. The molecule has 1 aromatic heterocycles. The van der Waals surface area contributed by atoms with Crippen molar-refractivity contribution in [2.45, 2.75) is 19.6 Å². The summed E-state index contributed by atoms with van der Waals surface area (Å²) < 4.78 is 13.5.